The second kappa shape index (κ2) is 8.09. The van der Waals surface area contributed by atoms with E-state index in [0.717, 1.165) is 19.4 Å². The van der Waals surface area contributed by atoms with Crippen LogP contribution in [0.2, 0.25) is 0 Å². The summed E-state index contributed by atoms with van der Waals surface area (Å²) in [6.45, 7) is 3.08. The fraction of sp³-hybridized carbons (Fsp3) is 0.333. The van der Waals surface area contributed by atoms with Crippen LogP contribution in [-0.2, 0) is 17.9 Å². The number of hydrogen-bond donors (Lipinski definition) is 2. The van der Waals surface area contributed by atoms with Crippen molar-refractivity contribution < 1.29 is 4.79 Å². The molecule has 3 aromatic rings. The molecule has 0 aliphatic heterocycles. The fourth-order valence-electron chi connectivity index (χ4n) is 2.75. The highest BCUT2D eigenvalue weighted by molar-refractivity contribution is 7.71. The second-order valence-electron chi connectivity index (χ2n) is 6.02. The number of hydrogen-bond acceptors (Lipinski definition) is 4. The molecule has 0 atom stereocenters. The molecule has 1 amide bonds. The third-order valence-corrected chi connectivity index (χ3v) is 4.48. The maximum absolute atomic E-state index is 12.6. The van der Waals surface area contributed by atoms with Crippen molar-refractivity contribution in [1.29, 1.82) is 0 Å². The number of aromatic nitrogens is 4. The zero-order valence-corrected chi connectivity index (χ0v) is 15.4. The number of fused-ring (bicyclic) bond motifs is 1. The number of amides is 1. The maximum atomic E-state index is 12.6. The summed E-state index contributed by atoms with van der Waals surface area (Å²) in [5.41, 5.74) is 0.508. The normalized spacial score (nSPS) is 11.0. The van der Waals surface area contributed by atoms with E-state index in [1.54, 1.807) is 35.1 Å². The summed E-state index contributed by atoms with van der Waals surface area (Å²) in [7, 11) is 0. The van der Waals surface area contributed by atoms with Crippen LogP contribution in [0, 0.1) is 4.77 Å². The third kappa shape index (κ3) is 3.91. The van der Waals surface area contributed by atoms with Crippen LogP contribution in [0.4, 0.5) is 5.82 Å². The molecule has 136 valence electrons. The number of unbranched alkanes of at least 4 members (excludes halogenated alkanes) is 1. The first-order chi connectivity index (χ1) is 12.6. The number of benzene rings is 1. The molecule has 0 unspecified atom stereocenters. The predicted molar refractivity (Wildman–Crippen MR) is 104 cm³/mol. The number of anilines is 1. The Hall–Kier alpha value is -2.74. The van der Waals surface area contributed by atoms with Gasteiger partial charge >= 0.3 is 0 Å². The summed E-state index contributed by atoms with van der Waals surface area (Å²) in [4.78, 5) is 27.9. The van der Waals surface area contributed by atoms with Crippen LogP contribution in [0.15, 0.2) is 41.3 Å². The maximum Gasteiger partial charge on any atom is 0.262 e. The molecule has 0 aliphatic rings. The Labute approximate surface area is 155 Å². The van der Waals surface area contributed by atoms with Gasteiger partial charge in [-0.25, -0.2) is 4.68 Å². The van der Waals surface area contributed by atoms with Gasteiger partial charge in [-0.3, -0.25) is 14.2 Å². The van der Waals surface area contributed by atoms with Crippen molar-refractivity contribution in [2.24, 2.45) is 0 Å². The van der Waals surface area contributed by atoms with Crippen molar-refractivity contribution in [3.63, 3.8) is 0 Å². The Morgan fingerprint density at radius 1 is 1.27 bits per heavy atom. The van der Waals surface area contributed by atoms with Crippen LogP contribution in [0.1, 0.15) is 26.2 Å². The molecule has 7 nitrogen and oxygen atoms in total. The van der Waals surface area contributed by atoms with E-state index in [1.165, 1.54) is 4.57 Å². The minimum atomic E-state index is -0.190. The molecule has 0 saturated carbocycles. The van der Waals surface area contributed by atoms with E-state index in [4.69, 9.17) is 12.2 Å². The van der Waals surface area contributed by atoms with Crippen LogP contribution in [-0.4, -0.2) is 25.2 Å². The first kappa shape index (κ1) is 18.1. The number of aromatic amines is 1. The van der Waals surface area contributed by atoms with Crippen molar-refractivity contribution in [2.75, 3.05) is 5.32 Å². The van der Waals surface area contributed by atoms with Crippen molar-refractivity contribution >= 4 is 34.8 Å². The summed E-state index contributed by atoms with van der Waals surface area (Å²) in [6, 6.07) is 8.95. The van der Waals surface area contributed by atoms with E-state index in [9.17, 15) is 9.59 Å². The lowest BCUT2D eigenvalue weighted by atomic mass is 10.2. The van der Waals surface area contributed by atoms with Crippen LogP contribution in [0.3, 0.4) is 0 Å². The smallest absolute Gasteiger partial charge is 0.262 e. The van der Waals surface area contributed by atoms with Gasteiger partial charge in [0.15, 0.2) is 4.77 Å². The van der Waals surface area contributed by atoms with Crippen molar-refractivity contribution in [2.45, 2.75) is 39.3 Å². The topological polar surface area (TPSA) is 84.7 Å². The van der Waals surface area contributed by atoms with Gasteiger partial charge in [0, 0.05) is 25.6 Å². The molecule has 0 saturated heterocycles. The largest absolute Gasteiger partial charge is 0.332 e. The molecule has 0 aliphatic carbocycles. The van der Waals surface area contributed by atoms with E-state index in [2.05, 4.69) is 22.3 Å². The number of carbonyl (C=O) groups is 1. The van der Waals surface area contributed by atoms with Crippen LogP contribution < -0.4 is 10.9 Å². The monoisotopic (exact) mass is 371 g/mol. The van der Waals surface area contributed by atoms with Crippen molar-refractivity contribution in [3.05, 3.63) is 51.7 Å². The Kier molecular flexibility index (Phi) is 5.62. The summed E-state index contributed by atoms with van der Waals surface area (Å²) in [6.07, 6.45) is 3.85. The number of nitrogens with zero attached hydrogens (tertiary/aromatic N) is 3. The summed E-state index contributed by atoms with van der Waals surface area (Å²) in [5, 5.41) is 7.61. The highest BCUT2D eigenvalue weighted by Crippen LogP contribution is 2.09. The Morgan fingerprint density at radius 2 is 2.08 bits per heavy atom. The molecule has 0 radical (unpaired) electrons. The number of rotatable bonds is 7. The fourth-order valence-corrected chi connectivity index (χ4v) is 3.03. The van der Waals surface area contributed by atoms with E-state index < -0.39 is 0 Å². The van der Waals surface area contributed by atoms with E-state index in [-0.39, 0.29) is 24.4 Å². The number of nitrogens with one attached hydrogen (secondary N) is 2. The Balaban J connectivity index is 1.71. The second-order valence-corrected chi connectivity index (χ2v) is 6.41. The number of carbonyl (C=O) groups excluding carboxylic acids is 1. The van der Waals surface area contributed by atoms with Crippen LogP contribution in [0.5, 0.6) is 0 Å². The first-order valence-electron chi connectivity index (χ1n) is 8.63. The van der Waals surface area contributed by atoms with E-state index in [1.807, 2.05) is 6.07 Å². The Bertz CT molecular complexity index is 1030. The lowest BCUT2D eigenvalue weighted by molar-refractivity contribution is -0.116. The molecule has 8 heteroatoms. The van der Waals surface area contributed by atoms with Crippen LogP contribution >= 0.6 is 12.2 Å². The number of para-hydroxylation sites is 1. The highest BCUT2D eigenvalue weighted by Gasteiger charge is 2.10. The highest BCUT2D eigenvalue weighted by atomic mass is 32.1. The zero-order chi connectivity index (χ0) is 18.5. The third-order valence-electron chi connectivity index (χ3n) is 4.16. The van der Waals surface area contributed by atoms with Gasteiger partial charge in [-0.1, -0.05) is 25.5 Å². The molecule has 0 fully saturated rings. The molecule has 1 aromatic carbocycles. The quantitative estimate of drug-likeness (QED) is 0.625. The summed E-state index contributed by atoms with van der Waals surface area (Å²) < 4.78 is 3.51. The minimum absolute atomic E-state index is 0.148. The zero-order valence-electron chi connectivity index (χ0n) is 14.6. The average molecular weight is 371 g/mol. The van der Waals surface area contributed by atoms with Crippen molar-refractivity contribution in [1.82, 2.24) is 19.3 Å². The van der Waals surface area contributed by atoms with E-state index in [0.29, 0.717) is 21.5 Å². The van der Waals surface area contributed by atoms with Gasteiger partial charge < -0.3 is 10.3 Å². The minimum Gasteiger partial charge on any atom is -0.332 e. The van der Waals surface area contributed by atoms with Gasteiger partial charge in [0.25, 0.3) is 5.56 Å². The SMILES string of the molecule is CCCCn1nccc1NC(=O)CCn1c(=S)[nH]c2ccccc2c1=O. The molecule has 0 bridgehead atoms. The van der Waals surface area contributed by atoms with Gasteiger partial charge in [0.2, 0.25) is 5.91 Å². The Morgan fingerprint density at radius 3 is 2.88 bits per heavy atom. The van der Waals surface area contributed by atoms with E-state index >= 15 is 0 Å². The predicted octanol–water partition coefficient (Wildman–Crippen LogP) is 3.08. The molecular weight excluding hydrogens is 350 g/mol. The van der Waals surface area contributed by atoms with Gasteiger partial charge in [-0.15, -0.1) is 0 Å². The summed E-state index contributed by atoms with van der Waals surface area (Å²) >= 11 is 5.27. The molecule has 2 N–H and O–H groups in total. The molecule has 26 heavy (non-hydrogen) atoms. The lowest BCUT2D eigenvalue weighted by Crippen LogP contribution is -2.25. The molecule has 3 rings (SSSR count). The first-order valence-corrected chi connectivity index (χ1v) is 9.04. The number of aryl methyl sites for hydroxylation is 1. The molecule has 2 heterocycles. The summed E-state index contributed by atoms with van der Waals surface area (Å²) in [5.74, 6) is 0.483. The number of H-pyrrole nitrogens is 1. The van der Waals surface area contributed by atoms with Crippen molar-refractivity contribution in [3.8, 4) is 0 Å². The standard InChI is InChI=1S/C18H21N5O2S/c1-2-3-11-23-15(8-10-19-23)21-16(24)9-12-22-17(25)13-6-4-5-7-14(13)20-18(22)26/h4-8,10H,2-3,9,11-12H2,1H3,(H,20,26)(H,21,24). The molecule has 0 spiro atoms. The molecule has 2 aromatic heterocycles. The van der Waals surface area contributed by atoms with Gasteiger partial charge in [-0.05, 0) is 30.8 Å². The van der Waals surface area contributed by atoms with Crippen LogP contribution in [0.25, 0.3) is 10.9 Å². The molecular formula is C18H21N5O2S. The van der Waals surface area contributed by atoms with Gasteiger partial charge in [-0.2, -0.15) is 5.10 Å². The van der Waals surface area contributed by atoms with Gasteiger partial charge in [0.1, 0.15) is 5.82 Å². The average Bonchev–Trinajstić information content (AvgIpc) is 3.06. The van der Waals surface area contributed by atoms with Gasteiger partial charge in [0.05, 0.1) is 17.1 Å². The lowest BCUT2D eigenvalue weighted by Gasteiger charge is -2.10.